The third kappa shape index (κ3) is 14.3. The minimum Gasteiger partial charge on any atom is -0.504 e. The van der Waals surface area contributed by atoms with Gasteiger partial charge in [-0.1, -0.05) is 30.3 Å². The molecule has 19 atom stereocenters. The SMILES string of the molecule is CC(=O)OC[C@H]1O[C@@H](O[C@H]2[C@H](O)[C@@H](COC(=O)/C=C\c3ccc(O)c(O)c3)O[C@H](O[C@]3(COC(=O)/C=C\c4ccc(O)c(O)c4)O[C@H](CO)[C@@H](O)[C@@H]3OC(=O)c3ccccc3)[C@@H]2O[C@@H]2O[C@H](CO)[C@@H](O)[C@H](O)[C@H]2O)[C@H](O)[C@@H](O)[C@@H]1O. The summed E-state index contributed by atoms with van der Waals surface area (Å²) in [6, 6.07) is 14.1. The maximum Gasteiger partial charge on any atom is 0.338 e. The lowest BCUT2D eigenvalue weighted by Crippen LogP contribution is -2.68. The van der Waals surface area contributed by atoms with Gasteiger partial charge >= 0.3 is 23.9 Å². The highest BCUT2D eigenvalue weighted by atomic mass is 16.8. The van der Waals surface area contributed by atoms with Gasteiger partial charge in [0.15, 0.2) is 48.0 Å². The molecule has 0 unspecified atom stereocenters. The molecule has 4 fully saturated rings. The number of phenolic OH excluding ortho intramolecular Hbond substituents is 4. The van der Waals surface area contributed by atoms with Gasteiger partial charge in [-0.25, -0.2) is 14.4 Å². The van der Waals surface area contributed by atoms with Crippen molar-refractivity contribution in [2.45, 2.75) is 123 Å². The maximum atomic E-state index is 13.9. The molecule has 4 aliphatic heterocycles. The number of phenols is 4. The van der Waals surface area contributed by atoms with Crippen molar-refractivity contribution in [2.24, 2.45) is 0 Å². The molecule has 3 aromatic rings. The fourth-order valence-electron chi connectivity index (χ4n) is 8.68. The topological polar surface area (TPSA) is 453 Å². The normalized spacial score (nSPS) is 34.5. The van der Waals surface area contributed by atoms with E-state index in [4.69, 9.17) is 52.1 Å². The molecule has 4 heterocycles. The van der Waals surface area contributed by atoms with E-state index in [0.29, 0.717) is 0 Å². The summed E-state index contributed by atoms with van der Waals surface area (Å²) in [5.74, 6) is -9.43. The average Bonchev–Trinajstić information content (AvgIpc) is 3.70. The fraction of sp³-hybridized carbons (Fsp3) is 0.490. The first-order valence-corrected chi connectivity index (χ1v) is 24.5. The second kappa shape index (κ2) is 26.9. The van der Waals surface area contributed by atoms with Crippen LogP contribution in [0.25, 0.3) is 12.2 Å². The van der Waals surface area contributed by atoms with Gasteiger partial charge in [-0.15, -0.1) is 0 Å². The Bertz CT molecular complexity index is 2650. The minimum absolute atomic E-state index is 0.129. The number of hydrogen-bond donors (Lipinski definition) is 14. The highest BCUT2D eigenvalue weighted by molar-refractivity contribution is 5.90. The summed E-state index contributed by atoms with van der Waals surface area (Å²) in [5, 5.41) is 150. The number of aromatic hydroxyl groups is 4. The van der Waals surface area contributed by atoms with Crippen molar-refractivity contribution < 1.29 is 143 Å². The molecule has 4 aliphatic rings. The summed E-state index contributed by atoms with van der Waals surface area (Å²) >= 11 is 0. The largest absolute Gasteiger partial charge is 0.504 e. The van der Waals surface area contributed by atoms with E-state index >= 15 is 0 Å². The molecule has 0 aliphatic carbocycles. The van der Waals surface area contributed by atoms with Crippen molar-refractivity contribution >= 4 is 36.0 Å². The lowest BCUT2D eigenvalue weighted by Gasteiger charge is -2.50. The first-order valence-electron chi connectivity index (χ1n) is 24.5. The number of benzene rings is 3. The van der Waals surface area contributed by atoms with Crippen molar-refractivity contribution in [2.75, 3.05) is 33.0 Å². The minimum atomic E-state index is -2.94. The summed E-state index contributed by atoms with van der Waals surface area (Å²) in [4.78, 5) is 52.5. The lowest BCUT2D eigenvalue weighted by molar-refractivity contribution is -0.421. The van der Waals surface area contributed by atoms with E-state index < -0.39 is 196 Å². The Morgan fingerprint density at radius 1 is 0.537 bits per heavy atom. The van der Waals surface area contributed by atoms with Crippen LogP contribution >= 0.6 is 0 Å². The van der Waals surface area contributed by atoms with Crippen molar-refractivity contribution in [1.29, 1.82) is 0 Å². The van der Waals surface area contributed by atoms with Gasteiger partial charge in [0.05, 0.1) is 18.8 Å². The Balaban J connectivity index is 1.33. The summed E-state index contributed by atoms with van der Waals surface area (Å²) in [6.45, 7) is -4.12. The lowest BCUT2D eigenvalue weighted by atomic mass is 9.95. The number of hydrogen-bond acceptors (Lipinski definition) is 29. The summed E-state index contributed by atoms with van der Waals surface area (Å²) in [6.07, 6.45) is -34.0. The van der Waals surface area contributed by atoms with E-state index in [-0.39, 0.29) is 16.7 Å². The Hall–Kier alpha value is -6.46. The third-order valence-electron chi connectivity index (χ3n) is 13.0. The van der Waals surface area contributed by atoms with Gasteiger partial charge in [-0.2, -0.15) is 0 Å². The Kier molecular flexibility index (Phi) is 20.5. The van der Waals surface area contributed by atoms with E-state index in [2.05, 4.69) is 0 Å². The molecule has 29 heteroatoms. The van der Waals surface area contributed by atoms with E-state index in [1.54, 1.807) is 6.07 Å². The molecule has 14 N–H and O–H groups in total. The maximum absolute atomic E-state index is 13.9. The van der Waals surface area contributed by atoms with Crippen molar-refractivity contribution in [3.63, 3.8) is 0 Å². The van der Waals surface area contributed by atoms with Crippen molar-refractivity contribution in [3.05, 3.63) is 95.6 Å². The number of rotatable bonds is 20. The molecular formula is C51H60O29. The van der Waals surface area contributed by atoms with Crippen LogP contribution in [-0.2, 0) is 66.5 Å². The predicted octanol–water partition coefficient (Wildman–Crippen LogP) is -3.96. The molecule has 0 amide bonds. The van der Waals surface area contributed by atoms with E-state index in [9.17, 15) is 90.7 Å². The highest BCUT2D eigenvalue weighted by Gasteiger charge is 2.63. The summed E-state index contributed by atoms with van der Waals surface area (Å²) < 4.78 is 64.2. The van der Waals surface area contributed by atoms with Crippen LogP contribution in [0.5, 0.6) is 23.0 Å². The highest BCUT2D eigenvalue weighted by Crippen LogP contribution is 2.42. The second-order valence-corrected chi connectivity index (χ2v) is 18.6. The van der Waals surface area contributed by atoms with Gasteiger partial charge in [0.25, 0.3) is 0 Å². The number of carbonyl (C=O) groups excluding carboxylic acids is 4. The van der Waals surface area contributed by atoms with Gasteiger partial charge in [0, 0.05) is 19.1 Å². The smallest absolute Gasteiger partial charge is 0.338 e. The van der Waals surface area contributed by atoms with Crippen LogP contribution in [0.3, 0.4) is 0 Å². The van der Waals surface area contributed by atoms with Gasteiger partial charge < -0.3 is 124 Å². The van der Waals surface area contributed by atoms with Gasteiger partial charge in [-0.05, 0) is 59.7 Å². The molecule has 7 rings (SSSR count). The first-order chi connectivity index (χ1) is 38.0. The zero-order valence-corrected chi connectivity index (χ0v) is 42.0. The molecule has 0 bridgehead atoms. The Labute approximate surface area is 452 Å². The van der Waals surface area contributed by atoms with E-state index in [0.717, 1.165) is 55.5 Å². The Morgan fingerprint density at radius 3 is 1.59 bits per heavy atom. The number of carbonyl (C=O) groups is 4. The molecule has 0 saturated carbocycles. The van der Waals surface area contributed by atoms with Crippen LogP contribution in [0.4, 0.5) is 0 Å². The molecule has 4 saturated heterocycles. The standard InChI is InChI=1S/C51H60O29/c1-22(54)70-19-32-37(62)41(66)43(68)49(74-32)76-44-38(63)33(20-71-34(59)13-9-23-7-11-26(55)28(57)15-23)75-50(45(44)77-48-42(67)40(65)36(61)30(17-52)73-48)80-51(21-72-35(60)14-10-24-8-12-27(56)29(58)16-24)46(39(64)31(18-53)79-51)78-47(69)25-5-3-2-4-6-25/h2-16,30-33,36-46,48-50,52-53,55-58,61-68H,17-21H2,1H3/b13-9-,14-10-/t30-,31-,32-,33-,36-,37-,38-,39-,40+,41+,42-,43-,44+,45-,46+,48+,49+,50-,51+/m1/s1. The molecule has 80 heavy (non-hydrogen) atoms. The monoisotopic (exact) mass is 1140 g/mol. The molecule has 0 aromatic heterocycles. The van der Waals surface area contributed by atoms with E-state index in [1.807, 2.05) is 0 Å². The third-order valence-corrected chi connectivity index (χ3v) is 13.0. The molecule has 438 valence electrons. The van der Waals surface area contributed by atoms with Crippen molar-refractivity contribution in [3.8, 4) is 23.0 Å². The van der Waals surface area contributed by atoms with Crippen LogP contribution in [-0.4, -0.2) is 245 Å². The average molecular weight is 1140 g/mol. The van der Waals surface area contributed by atoms with Crippen LogP contribution in [0, 0.1) is 0 Å². The number of esters is 4. The van der Waals surface area contributed by atoms with E-state index in [1.165, 1.54) is 36.4 Å². The molecule has 3 aromatic carbocycles. The zero-order valence-electron chi connectivity index (χ0n) is 42.0. The Morgan fingerprint density at radius 2 is 1.04 bits per heavy atom. The fourth-order valence-corrected chi connectivity index (χ4v) is 8.68. The van der Waals surface area contributed by atoms with Crippen LogP contribution in [0.2, 0.25) is 0 Å². The first kappa shape index (κ1) is 61.2. The summed E-state index contributed by atoms with van der Waals surface area (Å²) in [5.41, 5.74) is 0.221. The predicted molar refractivity (Wildman–Crippen MR) is 258 cm³/mol. The second-order valence-electron chi connectivity index (χ2n) is 18.6. The molecule has 0 spiro atoms. The zero-order chi connectivity index (χ0) is 58.2. The van der Waals surface area contributed by atoms with Crippen LogP contribution in [0.1, 0.15) is 28.4 Å². The number of ether oxygens (including phenoxy) is 11. The quantitative estimate of drug-likeness (QED) is 0.0222. The molecule has 29 nitrogen and oxygen atoms in total. The number of aliphatic hydroxyl groups is 10. The van der Waals surface area contributed by atoms with Crippen LogP contribution < -0.4 is 0 Å². The van der Waals surface area contributed by atoms with Gasteiger partial charge in [0.1, 0.15) is 105 Å². The van der Waals surface area contributed by atoms with Crippen molar-refractivity contribution in [1.82, 2.24) is 0 Å². The molecule has 0 radical (unpaired) electrons. The van der Waals surface area contributed by atoms with Gasteiger partial charge in [-0.3, -0.25) is 4.79 Å². The van der Waals surface area contributed by atoms with Gasteiger partial charge in [0.2, 0.25) is 5.79 Å². The van der Waals surface area contributed by atoms with Crippen LogP contribution in [0.15, 0.2) is 78.9 Å². The number of aliphatic hydroxyl groups excluding tert-OH is 10. The summed E-state index contributed by atoms with van der Waals surface area (Å²) in [7, 11) is 0. The molecular weight excluding hydrogens is 1080 g/mol.